The molecular formula is C16HF10. The van der Waals surface area contributed by atoms with E-state index in [1.807, 2.05) is 0 Å². The first-order chi connectivity index (χ1) is 12.1. The number of fused-ring (bicyclic) bond motifs is 1. The second-order valence-corrected chi connectivity index (χ2v) is 4.99. The van der Waals surface area contributed by atoms with Crippen LogP contribution >= 0.6 is 0 Å². The smallest absolute Gasteiger partial charge is 0.200 e. The molecule has 0 N–H and O–H groups in total. The summed E-state index contributed by atoms with van der Waals surface area (Å²) in [5.41, 5.74) is -3.39. The molecule has 3 aromatic carbocycles. The van der Waals surface area contributed by atoms with Crippen LogP contribution < -0.4 is 0 Å². The van der Waals surface area contributed by atoms with Crippen LogP contribution in [0.1, 0.15) is 0 Å². The summed E-state index contributed by atoms with van der Waals surface area (Å²) in [5, 5.41) is -2.48. The van der Waals surface area contributed by atoms with Gasteiger partial charge in [-0.25, -0.2) is 43.9 Å². The van der Waals surface area contributed by atoms with Crippen LogP contribution in [0.25, 0.3) is 21.9 Å². The molecule has 0 amide bonds. The van der Waals surface area contributed by atoms with E-state index in [1.165, 1.54) is 6.07 Å². The summed E-state index contributed by atoms with van der Waals surface area (Å²) in [6.45, 7) is 0. The Morgan fingerprint density at radius 3 is 1.50 bits per heavy atom. The lowest BCUT2D eigenvalue weighted by Gasteiger charge is -2.12. The molecule has 0 saturated carbocycles. The second-order valence-electron chi connectivity index (χ2n) is 4.99. The van der Waals surface area contributed by atoms with Crippen LogP contribution in [-0.4, -0.2) is 0 Å². The standard InChI is InChI=1S/C16HF10/c17-5-2-3-1-4(8(18)10(20)6(3)11(21)9(5)19)7-12(22)14(24)16(26)15(25)13(7)23/h1H. The Kier molecular flexibility index (Phi) is 4.08. The minimum Gasteiger partial charge on any atom is -0.203 e. The van der Waals surface area contributed by atoms with Crippen molar-refractivity contribution in [3.63, 3.8) is 0 Å². The van der Waals surface area contributed by atoms with E-state index in [1.54, 1.807) is 0 Å². The van der Waals surface area contributed by atoms with Gasteiger partial charge < -0.3 is 0 Å². The predicted octanol–water partition coefficient (Wildman–Crippen LogP) is 5.70. The molecule has 1 radical (unpaired) electrons. The minimum absolute atomic E-state index is 0.178. The van der Waals surface area contributed by atoms with Crippen molar-refractivity contribution in [2.24, 2.45) is 0 Å². The lowest BCUT2D eigenvalue weighted by molar-refractivity contribution is 0.380. The molecule has 0 aliphatic carbocycles. The summed E-state index contributed by atoms with van der Waals surface area (Å²) in [4.78, 5) is 0. The molecular weight excluding hydrogens is 382 g/mol. The van der Waals surface area contributed by atoms with Gasteiger partial charge in [-0.2, -0.15) is 0 Å². The number of benzene rings is 3. The zero-order chi connectivity index (χ0) is 19.5. The van der Waals surface area contributed by atoms with Crippen molar-refractivity contribution in [2.75, 3.05) is 0 Å². The van der Waals surface area contributed by atoms with E-state index in [0.29, 0.717) is 0 Å². The van der Waals surface area contributed by atoms with Crippen LogP contribution in [-0.2, 0) is 0 Å². The maximum absolute atomic E-state index is 14.1. The molecule has 135 valence electrons. The van der Waals surface area contributed by atoms with Gasteiger partial charge in [-0.1, -0.05) is 0 Å². The third kappa shape index (κ3) is 2.31. The van der Waals surface area contributed by atoms with Crippen LogP contribution in [0.3, 0.4) is 0 Å². The third-order valence-electron chi connectivity index (χ3n) is 3.54. The largest absolute Gasteiger partial charge is 0.203 e. The highest BCUT2D eigenvalue weighted by Gasteiger charge is 2.30. The summed E-state index contributed by atoms with van der Waals surface area (Å²) in [6.07, 6.45) is 0. The molecule has 3 aromatic rings. The predicted molar refractivity (Wildman–Crippen MR) is 67.8 cm³/mol. The van der Waals surface area contributed by atoms with Gasteiger partial charge in [-0.05, 0) is 11.5 Å². The van der Waals surface area contributed by atoms with Crippen LogP contribution in [0.5, 0.6) is 0 Å². The van der Waals surface area contributed by atoms with Gasteiger partial charge in [0.25, 0.3) is 0 Å². The Bertz CT molecular complexity index is 1060. The highest BCUT2D eigenvalue weighted by Crippen LogP contribution is 2.37. The van der Waals surface area contributed by atoms with Crippen molar-refractivity contribution in [2.45, 2.75) is 0 Å². The average molecular weight is 383 g/mol. The molecule has 0 heterocycles. The van der Waals surface area contributed by atoms with Crippen molar-refractivity contribution in [3.05, 3.63) is 70.3 Å². The van der Waals surface area contributed by atoms with Crippen LogP contribution in [0.2, 0.25) is 0 Å². The fourth-order valence-corrected chi connectivity index (χ4v) is 2.34. The highest BCUT2D eigenvalue weighted by atomic mass is 19.2. The average Bonchev–Trinajstić information content (AvgIpc) is 2.60. The molecule has 0 atom stereocenters. The zero-order valence-electron chi connectivity index (χ0n) is 11.9. The maximum Gasteiger partial charge on any atom is 0.200 e. The fraction of sp³-hybridized carbons (Fsp3) is 0. The van der Waals surface area contributed by atoms with Gasteiger partial charge in [-0.15, -0.1) is 0 Å². The Labute approximate surface area is 137 Å². The molecule has 3 rings (SSSR count). The van der Waals surface area contributed by atoms with E-state index in [9.17, 15) is 43.9 Å². The van der Waals surface area contributed by atoms with E-state index in [0.717, 1.165) is 0 Å². The summed E-state index contributed by atoms with van der Waals surface area (Å²) >= 11 is 0. The fourth-order valence-electron chi connectivity index (χ4n) is 2.34. The first-order valence-corrected chi connectivity index (χ1v) is 6.47. The summed E-state index contributed by atoms with van der Waals surface area (Å²) < 4.78 is 135. The quantitative estimate of drug-likeness (QED) is 0.287. The molecule has 0 spiro atoms. The van der Waals surface area contributed by atoms with Gasteiger partial charge in [0.2, 0.25) is 5.82 Å². The molecule has 0 aromatic heterocycles. The van der Waals surface area contributed by atoms with E-state index < -0.39 is 80.1 Å². The molecule has 0 nitrogen and oxygen atoms in total. The van der Waals surface area contributed by atoms with E-state index in [-0.39, 0.29) is 6.07 Å². The molecule has 0 aliphatic rings. The monoisotopic (exact) mass is 383 g/mol. The molecule has 0 saturated heterocycles. The number of halogens is 10. The first kappa shape index (κ1) is 18.0. The topological polar surface area (TPSA) is 0 Å². The number of rotatable bonds is 1. The molecule has 0 fully saturated rings. The Morgan fingerprint density at radius 2 is 0.962 bits per heavy atom. The summed E-state index contributed by atoms with van der Waals surface area (Å²) in [5.74, 6) is -23.2. The molecule has 0 unspecified atom stereocenters. The lowest BCUT2D eigenvalue weighted by Crippen LogP contribution is -2.06. The van der Waals surface area contributed by atoms with Gasteiger partial charge in [0.15, 0.2) is 52.4 Å². The van der Waals surface area contributed by atoms with Crippen LogP contribution in [0.4, 0.5) is 43.9 Å². The van der Waals surface area contributed by atoms with Gasteiger partial charge >= 0.3 is 0 Å². The van der Waals surface area contributed by atoms with Crippen LogP contribution in [0.15, 0.2) is 6.07 Å². The van der Waals surface area contributed by atoms with Crippen molar-refractivity contribution in [1.29, 1.82) is 0 Å². The van der Waals surface area contributed by atoms with Crippen molar-refractivity contribution >= 4 is 10.8 Å². The van der Waals surface area contributed by atoms with Crippen molar-refractivity contribution in [3.8, 4) is 11.1 Å². The molecule has 0 aliphatic heterocycles. The lowest BCUT2D eigenvalue weighted by atomic mass is 9.98. The van der Waals surface area contributed by atoms with Crippen LogP contribution in [0, 0.1) is 64.2 Å². The zero-order valence-corrected chi connectivity index (χ0v) is 11.9. The summed E-state index contributed by atoms with van der Waals surface area (Å²) in [7, 11) is 0. The third-order valence-corrected chi connectivity index (χ3v) is 3.54. The van der Waals surface area contributed by atoms with Gasteiger partial charge in [-0.3, -0.25) is 0 Å². The normalized spacial score (nSPS) is 11.5. The molecule has 10 heteroatoms. The number of hydrogen-bond donors (Lipinski definition) is 0. The van der Waals surface area contributed by atoms with E-state index in [4.69, 9.17) is 0 Å². The van der Waals surface area contributed by atoms with Gasteiger partial charge in [0.05, 0.1) is 10.9 Å². The Morgan fingerprint density at radius 1 is 0.500 bits per heavy atom. The van der Waals surface area contributed by atoms with Crippen molar-refractivity contribution in [1.82, 2.24) is 0 Å². The Balaban J connectivity index is 2.50. The van der Waals surface area contributed by atoms with Gasteiger partial charge in [0.1, 0.15) is 0 Å². The molecule has 26 heavy (non-hydrogen) atoms. The van der Waals surface area contributed by atoms with Gasteiger partial charge in [0, 0.05) is 11.6 Å². The number of hydrogen-bond acceptors (Lipinski definition) is 0. The first-order valence-electron chi connectivity index (χ1n) is 6.47. The minimum atomic E-state index is -2.55. The maximum atomic E-state index is 14.1. The van der Waals surface area contributed by atoms with Crippen molar-refractivity contribution < 1.29 is 43.9 Å². The summed E-state index contributed by atoms with van der Waals surface area (Å²) in [6, 6.07) is 1.64. The second kappa shape index (κ2) is 5.89. The SMILES string of the molecule is Fc1[c]c2cc(-c3c(F)c(F)c(F)c(F)c3F)c(F)c(F)c2c(F)c1F. The Hall–Kier alpha value is -2.78. The van der Waals surface area contributed by atoms with E-state index in [2.05, 4.69) is 0 Å². The molecule has 0 bridgehead atoms. The van der Waals surface area contributed by atoms with E-state index >= 15 is 0 Å². The highest BCUT2D eigenvalue weighted by molar-refractivity contribution is 5.88.